The summed E-state index contributed by atoms with van der Waals surface area (Å²) in [4.78, 5) is 15.8. The van der Waals surface area contributed by atoms with E-state index in [4.69, 9.17) is 4.74 Å². The molecule has 1 amide bonds. The molecule has 2 aliphatic heterocycles. The summed E-state index contributed by atoms with van der Waals surface area (Å²) in [6.07, 6.45) is -3.88. The van der Waals surface area contributed by atoms with Crippen molar-refractivity contribution in [3.63, 3.8) is 0 Å². The van der Waals surface area contributed by atoms with Crippen molar-refractivity contribution in [3.05, 3.63) is 64.2 Å². The molecule has 212 valence electrons. The molecule has 0 unspecified atom stereocenters. The number of hydrogen-bond donors (Lipinski definition) is 1. The van der Waals surface area contributed by atoms with E-state index in [-0.39, 0.29) is 24.1 Å². The maximum absolute atomic E-state index is 13.5. The first kappa shape index (κ1) is 27.8. The van der Waals surface area contributed by atoms with Gasteiger partial charge in [0, 0.05) is 19.5 Å². The molecule has 39 heavy (non-hydrogen) atoms. The van der Waals surface area contributed by atoms with E-state index in [1.807, 2.05) is 6.07 Å². The molecule has 10 heteroatoms. The third kappa shape index (κ3) is 6.36. The van der Waals surface area contributed by atoms with Gasteiger partial charge < -0.3 is 10.1 Å². The highest BCUT2D eigenvalue weighted by Gasteiger charge is 2.44. The quantitative estimate of drug-likeness (QED) is 0.385. The highest BCUT2D eigenvalue weighted by atomic mass is 19.4. The van der Waals surface area contributed by atoms with Gasteiger partial charge in [0.1, 0.15) is 5.75 Å². The number of carbonyl (C=O) groups excluding carboxylic acids is 1. The second-order valence-electron chi connectivity index (χ2n) is 11.2. The number of nitrogens with zero attached hydrogens (tertiary/aromatic N) is 1. The summed E-state index contributed by atoms with van der Waals surface area (Å²) in [5.41, 5.74) is -1.27. The third-order valence-corrected chi connectivity index (χ3v) is 8.46. The molecule has 5 rings (SSSR count). The van der Waals surface area contributed by atoms with Gasteiger partial charge in [0.15, 0.2) is 0 Å². The molecular weight excluding hydrogens is 522 g/mol. The first-order valence-corrected chi connectivity index (χ1v) is 13.4. The molecule has 0 aromatic heterocycles. The van der Waals surface area contributed by atoms with Gasteiger partial charge in [0.2, 0.25) is 5.91 Å². The van der Waals surface area contributed by atoms with Crippen LogP contribution in [-0.2, 0) is 36.7 Å². The maximum Gasteiger partial charge on any atom is 0.416 e. The van der Waals surface area contributed by atoms with Crippen LogP contribution in [0.2, 0.25) is 0 Å². The molecule has 2 heterocycles. The Morgan fingerprint density at radius 1 is 0.949 bits per heavy atom. The Morgan fingerprint density at radius 2 is 1.62 bits per heavy atom. The number of hydrogen-bond acceptors (Lipinski definition) is 3. The van der Waals surface area contributed by atoms with Gasteiger partial charge in [-0.1, -0.05) is 31.4 Å². The molecule has 4 nitrogen and oxygen atoms in total. The smallest absolute Gasteiger partial charge is 0.416 e. The molecule has 2 aromatic rings. The number of piperidine rings is 1. The summed E-state index contributed by atoms with van der Waals surface area (Å²) >= 11 is 0. The van der Waals surface area contributed by atoms with E-state index in [2.05, 4.69) is 22.3 Å². The third-order valence-electron chi connectivity index (χ3n) is 8.46. The fraction of sp³-hybridized carbons (Fsp3) is 0.552. The Kier molecular flexibility index (Phi) is 7.61. The summed E-state index contributed by atoms with van der Waals surface area (Å²) in [6.45, 7) is 2.43. The van der Waals surface area contributed by atoms with E-state index in [0.29, 0.717) is 57.0 Å². The summed E-state index contributed by atoms with van der Waals surface area (Å²) in [6, 6.07) is 7.67. The van der Waals surface area contributed by atoms with E-state index in [1.54, 1.807) is 0 Å². The van der Waals surface area contributed by atoms with Crippen LogP contribution in [0, 0.1) is 11.3 Å². The van der Waals surface area contributed by atoms with Crippen molar-refractivity contribution in [2.75, 3.05) is 19.7 Å². The van der Waals surface area contributed by atoms with Gasteiger partial charge in [-0.05, 0) is 79.2 Å². The lowest BCUT2D eigenvalue weighted by Gasteiger charge is -2.44. The second-order valence-corrected chi connectivity index (χ2v) is 11.2. The number of rotatable bonds is 7. The van der Waals surface area contributed by atoms with Crippen LogP contribution in [-0.4, -0.2) is 30.5 Å². The molecule has 0 atom stereocenters. The second kappa shape index (κ2) is 10.7. The lowest BCUT2D eigenvalue weighted by Crippen LogP contribution is -2.49. The molecule has 0 radical (unpaired) electrons. The monoisotopic (exact) mass is 554 g/mol. The first-order valence-electron chi connectivity index (χ1n) is 13.4. The standard InChI is InChI=1S/C29H32F6N2O2/c30-28(31,32)23-13-21(14-24(15-23)29(33,34)35)17-36-26(38)27(16-19-2-1-3-19)7-9-37(10-8-27)18-20-4-5-25-22(12-20)6-11-39-25/h4-5,12-15,19H,1-3,6-11,16-18H2,(H,36,38). The highest BCUT2D eigenvalue weighted by molar-refractivity contribution is 5.82. The fourth-order valence-electron chi connectivity index (χ4n) is 6.00. The van der Waals surface area contributed by atoms with Crippen molar-refractivity contribution in [3.8, 4) is 5.75 Å². The topological polar surface area (TPSA) is 41.6 Å². The van der Waals surface area contributed by atoms with Crippen molar-refractivity contribution in [1.82, 2.24) is 10.2 Å². The number of likely N-dealkylation sites (tertiary alicyclic amines) is 1. The van der Waals surface area contributed by atoms with Gasteiger partial charge in [-0.25, -0.2) is 0 Å². The molecule has 3 aliphatic rings. The van der Waals surface area contributed by atoms with E-state index in [9.17, 15) is 31.1 Å². The molecule has 1 aliphatic carbocycles. The number of alkyl halides is 6. The van der Waals surface area contributed by atoms with Gasteiger partial charge >= 0.3 is 12.4 Å². The number of amides is 1. The number of benzene rings is 2. The molecule has 0 spiro atoms. The Labute approximate surface area is 223 Å². The minimum Gasteiger partial charge on any atom is -0.493 e. The number of carbonyl (C=O) groups is 1. The van der Waals surface area contributed by atoms with Gasteiger partial charge in [-0.3, -0.25) is 9.69 Å². The van der Waals surface area contributed by atoms with Crippen LogP contribution in [0.15, 0.2) is 36.4 Å². The lowest BCUT2D eigenvalue weighted by atomic mass is 9.66. The van der Waals surface area contributed by atoms with Crippen molar-refractivity contribution in [1.29, 1.82) is 0 Å². The fourth-order valence-corrected chi connectivity index (χ4v) is 6.00. The largest absolute Gasteiger partial charge is 0.493 e. The van der Waals surface area contributed by atoms with Crippen molar-refractivity contribution >= 4 is 5.91 Å². The lowest BCUT2D eigenvalue weighted by molar-refractivity contribution is -0.143. The van der Waals surface area contributed by atoms with Gasteiger partial charge in [-0.15, -0.1) is 0 Å². The number of ether oxygens (including phenoxy) is 1. The normalized spacial score (nSPS) is 19.7. The summed E-state index contributed by atoms with van der Waals surface area (Å²) < 4.78 is 85.2. The molecule has 1 saturated carbocycles. The van der Waals surface area contributed by atoms with E-state index < -0.39 is 28.9 Å². The van der Waals surface area contributed by atoms with Crippen LogP contribution in [0.5, 0.6) is 5.75 Å². The average Bonchev–Trinajstić information content (AvgIpc) is 3.33. The molecule has 1 N–H and O–H groups in total. The number of halogens is 6. The molecule has 1 saturated heterocycles. The van der Waals surface area contributed by atoms with E-state index >= 15 is 0 Å². The Hall–Kier alpha value is -2.75. The summed E-state index contributed by atoms with van der Waals surface area (Å²) in [5.74, 6) is 1.07. The molecule has 2 aromatic carbocycles. The van der Waals surface area contributed by atoms with E-state index in [1.165, 1.54) is 11.1 Å². The Bertz CT molecular complexity index is 1160. The van der Waals surface area contributed by atoms with Crippen LogP contribution in [0.4, 0.5) is 26.3 Å². The zero-order valence-electron chi connectivity index (χ0n) is 21.6. The van der Waals surface area contributed by atoms with Gasteiger partial charge in [0.05, 0.1) is 23.1 Å². The van der Waals surface area contributed by atoms with Crippen LogP contribution in [0.3, 0.4) is 0 Å². The van der Waals surface area contributed by atoms with Crippen LogP contribution >= 0.6 is 0 Å². The Balaban J connectivity index is 1.27. The number of fused-ring (bicyclic) bond motifs is 1. The summed E-state index contributed by atoms with van der Waals surface area (Å²) in [5, 5.41) is 2.71. The Morgan fingerprint density at radius 3 is 2.21 bits per heavy atom. The van der Waals surface area contributed by atoms with Crippen LogP contribution in [0.25, 0.3) is 0 Å². The van der Waals surface area contributed by atoms with Gasteiger partial charge in [0.25, 0.3) is 0 Å². The zero-order valence-corrected chi connectivity index (χ0v) is 21.6. The minimum atomic E-state index is -4.93. The molecule has 2 fully saturated rings. The highest BCUT2D eigenvalue weighted by Crippen LogP contribution is 2.44. The van der Waals surface area contributed by atoms with Crippen LogP contribution in [0.1, 0.15) is 66.3 Å². The molecule has 0 bridgehead atoms. The van der Waals surface area contributed by atoms with Crippen molar-refractivity contribution in [2.45, 2.75) is 70.4 Å². The predicted octanol–water partition coefficient (Wildman–Crippen LogP) is 6.75. The molecular formula is C29H32F6N2O2. The average molecular weight is 555 g/mol. The van der Waals surface area contributed by atoms with Crippen LogP contribution < -0.4 is 10.1 Å². The van der Waals surface area contributed by atoms with Crippen molar-refractivity contribution in [2.24, 2.45) is 11.3 Å². The zero-order chi connectivity index (χ0) is 27.8. The first-order chi connectivity index (χ1) is 18.4. The van der Waals surface area contributed by atoms with E-state index in [0.717, 1.165) is 38.0 Å². The van der Waals surface area contributed by atoms with Gasteiger partial charge in [-0.2, -0.15) is 26.3 Å². The predicted molar refractivity (Wildman–Crippen MR) is 133 cm³/mol. The minimum absolute atomic E-state index is 0.104. The maximum atomic E-state index is 13.5. The summed E-state index contributed by atoms with van der Waals surface area (Å²) in [7, 11) is 0. The SMILES string of the molecule is O=C(NCc1cc(C(F)(F)F)cc(C(F)(F)F)c1)C1(CC2CCC2)CCN(Cc2ccc3c(c2)CCO3)CC1. The number of nitrogens with one attached hydrogen (secondary N) is 1. The van der Waals surface area contributed by atoms with Crippen molar-refractivity contribution < 1.29 is 35.9 Å².